The van der Waals surface area contributed by atoms with Crippen LogP contribution in [0.2, 0.25) is 0 Å². The van der Waals surface area contributed by atoms with Crippen LogP contribution in [0.4, 0.5) is 0 Å². The Kier molecular flexibility index (Phi) is 6.90. The van der Waals surface area contributed by atoms with Crippen LogP contribution < -0.4 is 14.7 Å². The van der Waals surface area contributed by atoms with Crippen molar-refractivity contribution >= 4 is 17.4 Å². The number of hydrogen-bond donors (Lipinski definition) is 1. The Morgan fingerprint density at radius 3 is 2.33 bits per heavy atom. The van der Waals surface area contributed by atoms with Gasteiger partial charge in [0.1, 0.15) is 5.75 Å². The number of likely N-dealkylation sites (tertiary alicyclic amines) is 1. The molecule has 1 fully saturated rings. The first kappa shape index (κ1) is 21.6. The highest BCUT2D eigenvalue weighted by Gasteiger charge is 2.44. The molecule has 1 unspecified atom stereocenters. The minimum absolute atomic E-state index is 0.0159. The summed E-state index contributed by atoms with van der Waals surface area (Å²) < 4.78 is 5.64. The van der Waals surface area contributed by atoms with Crippen molar-refractivity contribution in [1.82, 2.24) is 4.90 Å². The Bertz CT molecular complexity index is 920. The lowest BCUT2D eigenvalue weighted by atomic mass is 9.95. The number of likely N-dealkylation sites (N-methyl/N-ethyl adjacent to an activating group) is 1. The van der Waals surface area contributed by atoms with Crippen LogP contribution in [0.1, 0.15) is 30.5 Å². The van der Waals surface area contributed by atoms with Crippen LogP contribution in [-0.4, -0.2) is 50.4 Å². The van der Waals surface area contributed by atoms with Crippen LogP contribution in [0.15, 0.2) is 60.2 Å². The summed E-state index contributed by atoms with van der Waals surface area (Å²) in [4.78, 5) is 28.4. The molecule has 1 aliphatic rings. The van der Waals surface area contributed by atoms with Crippen molar-refractivity contribution in [3.8, 4) is 5.75 Å². The van der Waals surface area contributed by atoms with Crippen LogP contribution in [-0.2, 0) is 9.59 Å². The van der Waals surface area contributed by atoms with Gasteiger partial charge in [-0.1, -0.05) is 55.1 Å². The summed E-state index contributed by atoms with van der Waals surface area (Å²) in [5.74, 6) is -1.01. The van der Waals surface area contributed by atoms with E-state index in [9.17, 15) is 14.7 Å². The molecule has 3 rings (SSSR count). The van der Waals surface area contributed by atoms with E-state index in [1.165, 1.54) is 4.90 Å². The number of rotatable bonds is 8. The molecule has 0 radical (unpaired) electrons. The summed E-state index contributed by atoms with van der Waals surface area (Å²) in [6.07, 6.45) is 0.900. The zero-order valence-corrected chi connectivity index (χ0v) is 17.7. The lowest BCUT2D eigenvalue weighted by Gasteiger charge is -2.27. The Morgan fingerprint density at radius 2 is 1.73 bits per heavy atom. The average Bonchev–Trinajstić information content (AvgIpc) is 3.01. The quantitative estimate of drug-likeness (QED) is 0.399. The Hall–Kier alpha value is -3.12. The van der Waals surface area contributed by atoms with Gasteiger partial charge in [-0.25, -0.2) is 0 Å². The fraction of sp³-hybridized carbons (Fsp3) is 0.333. The normalized spacial score (nSPS) is 18.3. The van der Waals surface area contributed by atoms with Gasteiger partial charge in [0.15, 0.2) is 0 Å². The van der Waals surface area contributed by atoms with Crippen LogP contribution >= 0.6 is 0 Å². The van der Waals surface area contributed by atoms with Crippen molar-refractivity contribution in [2.45, 2.75) is 19.4 Å². The van der Waals surface area contributed by atoms with Crippen LogP contribution in [0, 0.1) is 0 Å². The fourth-order valence-corrected chi connectivity index (χ4v) is 3.50. The summed E-state index contributed by atoms with van der Waals surface area (Å²) in [6, 6.07) is 15.2. The third kappa shape index (κ3) is 4.54. The second-order valence-electron chi connectivity index (χ2n) is 7.71. The van der Waals surface area contributed by atoms with Crippen molar-refractivity contribution < 1.29 is 24.3 Å². The molecule has 1 atom stereocenters. The van der Waals surface area contributed by atoms with Crippen molar-refractivity contribution in [2.75, 3.05) is 33.8 Å². The highest BCUT2D eigenvalue weighted by atomic mass is 16.5. The molecule has 158 valence electrons. The lowest BCUT2D eigenvalue weighted by molar-refractivity contribution is -0.857. The van der Waals surface area contributed by atoms with E-state index < -0.39 is 23.5 Å². The first-order valence-electron chi connectivity index (χ1n) is 10.3. The average molecular weight is 408 g/mol. The van der Waals surface area contributed by atoms with Crippen LogP contribution in [0.3, 0.4) is 0 Å². The molecule has 6 heteroatoms. The van der Waals surface area contributed by atoms with E-state index in [4.69, 9.17) is 4.74 Å². The summed E-state index contributed by atoms with van der Waals surface area (Å²) in [6.45, 7) is 3.70. The van der Waals surface area contributed by atoms with Gasteiger partial charge >= 0.3 is 0 Å². The lowest BCUT2D eigenvalue weighted by Crippen LogP contribution is -3.06. The Morgan fingerprint density at radius 1 is 1.07 bits per heavy atom. The molecule has 6 nitrogen and oxygen atoms in total. The monoisotopic (exact) mass is 408 g/mol. The molecule has 30 heavy (non-hydrogen) atoms. The fourth-order valence-electron chi connectivity index (χ4n) is 3.50. The molecule has 0 spiro atoms. The molecule has 1 N–H and O–H groups in total. The van der Waals surface area contributed by atoms with E-state index >= 15 is 0 Å². The van der Waals surface area contributed by atoms with Crippen molar-refractivity contribution in [3.63, 3.8) is 0 Å². The van der Waals surface area contributed by atoms with Crippen molar-refractivity contribution in [1.29, 1.82) is 0 Å². The first-order valence-corrected chi connectivity index (χ1v) is 10.3. The third-order valence-corrected chi connectivity index (χ3v) is 5.09. The molecule has 1 heterocycles. The van der Waals surface area contributed by atoms with Gasteiger partial charge in [0, 0.05) is 5.57 Å². The van der Waals surface area contributed by atoms with Gasteiger partial charge in [-0.3, -0.25) is 9.59 Å². The zero-order chi connectivity index (χ0) is 21.7. The maximum Gasteiger partial charge on any atom is 0.295 e. The molecule has 2 aromatic carbocycles. The minimum atomic E-state index is -0.714. The molecule has 1 aliphatic heterocycles. The van der Waals surface area contributed by atoms with Crippen molar-refractivity contribution in [2.24, 2.45) is 0 Å². The maximum absolute atomic E-state index is 13.2. The van der Waals surface area contributed by atoms with E-state index in [-0.39, 0.29) is 5.57 Å². The van der Waals surface area contributed by atoms with Gasteiger partial charge in [-0.2, -0.15) is 0 Å². The topological polar surface area (TPSA) is 74.1 Å². The number of amides is 1. The van der Waals surface area contributed by atoms with Gasteiger partial charge in [0.2, 0.25) is 5.78 Å². The first-order chi connectivity index (χ1) is 14.4. The summed E-state index contributed by atoms with van der Waals surface area (Å²) in [7, 11) is 3.97. The van der Waals surface area contributed by atoms with E-state index in [0.29, 0.717) is 25.3 Å². The van der Waals surface area contributed by atoms with E-state index in [2.05, 4.69) is 0 Å². The number of hydrogen-bond acceptors (Lipinski definition) is 4. The summed E-state index contributed by atoms with van der Waals surface area (Å²) >= 11 is 0. The third-order valence-electron chi connectivity index (χ3n) is 5.09. The number of benzene rings is 2. The predicted octanol–water partition coefficient (Wildman–Crippen LogP) is 0.844. The molecular formula is C24H28N2O4. The predicted molar refractivity (Wildman–Crippen MR) is 113 cm³/mol. The van der Waals surface area contributed by atoms with E-state index in [1.54, 1.807) is 24.3 Å². The maximum atomic E-state index is 13.2. The molecule has 1 amide bonds. The zero-order valence-electron chi connectivity index (χ0n) is 17.7. The van der Waals surface area contributed by atoms with Gasteiger partial charge in [0.25, 0.3) is 5.91 Å². The number of nitrogens with zero attached hydrogens (tertiary/aromatic N) is 1. The highest BCUT2D eigenvalue weighted by molar-refractivity contribution is 6.46. The Labute approximate surface area is 177 Å². The van der Waals surface area contributed by atoms with Crippen LogP contribution in [0.5, 0.6) is 5.75 Å². The van der Waals surface area contributed by atoms with Crippen LogP contribution in [0.25, 0.3) is 5.76 Å². The SMILES string of the molecule is CCCOc1ccc(C2C(=C([O-])c3ccccc3)C(=O)C(=O)N2CC[NH+](C)C)cc1. The molecular weight excluding hydrogens is 380 g/mol. The number of ether oxygens (including phenoxy) is 1. The van der Waals surface area contributed by atoms with E-state index in [1.807, 2.05) is 51.4 Å². The van der Waals surface area contributed by atoms with Gasteiger partial charge in [-0.15, -0.1) is 0 Å². The molecule has 0 aromatic heterocycles. The van der Waals surface area contributed by atoms with E-state index in [0.717, 1.165) is 22.6 Å². The summed E-state index contributed by atoms with van der Waals surface area (Å²) in [5.41, 5.74) is 1.15. The van der Waals surface area contributed by atoms with Gasteiger partial charge in [-0.05, 0) is 29.7 Å². The number of quaternary nitrogens is 1. The van der Waals surface area contributed by atoms with Gasteiger partial charge in [0.05, 0.1) is 39.8 Å². The molecule has 0 bridgehead atoms. The summed E-state index contributed by atoms with van der Waals surface area (Å²) in [5, 5.41) is 13.2. The second-order valence-corrected chi connectivity index (χ2v) is 7.71. The Balaban J connectivity index is 2.05. The molecule has 1 saturated heterocycles. The molecule has 0 saturated carbocycles. The minimum Gasteiger partial charge on any atom is -0.872 e. The second kappa shape index (κ2) is 9.59. The molecule has 2 aromatic rings. The largest absolute Gasteiger partial charge is 0.872 e. The standard InChI is InChI=1S/C24H28N2O4/c1-4-16-30-19-12-10-17(11-13-19)21-20(22(27)18-8-6-5-7-9-18)23(28)24(29)26(21)15-14-25(2)3/h5-13,21,27H,4,14-16H2,1-3H3. The highest BCUT2D eigenvalue weighted by Crippen LogP contribution is 2.38. The number of carbonyl (C=O) groups is 2. The number of carbonyl (C=O) groups excluding carboxylic acids is 2. The number of nitrogens with one attached hydrogen (secondary N) is 1. The smallest absolute Gasteiger partial charge is 0.295 e. The van der Waals surface area contributed by atoms with Crippen molar-refractivity contribution in [3.05, 3.63) is 71.3 Å². The number of ketones is 1. The number of Topliss-reactive ketones (excluding diaryl/α,β-unsaturated/α-hetero) is 1. The molecule has 0 aliphatic carbocycles. The van der Waals surface area contributed by atoms with Gasteiger partial charge < -0.3 is 19.6 Å².